The Morgan fingerprint density at radius 3 is 2.59 bits per heavy atom. The molecule has 0 saturated heterocycles. The molecule has 4 aliphatic rings. The second kappa shape index (κ2) is 7.66. The molecule has 2 heteroatoms. The summed E-state index contributed by atoms with van der Waals surface area (Å²) in [4.78, 5) is 0. The SMILES string of the molecule is C[C@H](CCCC(C)(C)O)[C@H]1CC[C@H]2[C@@H]3CC=C4C[C@@H](O)CC[C@]4(C)[C@H]3CC[C@@]12C. The molecule has 2 nitrogen and oxygen atoms in total. The molecule has 0 aromatic heterocycles. The van der Waals surface area contributed by atoms with Crippen LogP contribution in [-0.2, 0) is 0 Å². The van der Waals surface area contributed by atoms with Gasteiger partial charge in [0.2, 0.25) is 0 Å². The van der Waals surface area contributed by atoms with E-state index in [4.69, 9.17) is 0 Å². The number of aliphatic hydroxyl groups excluding tert-OH is 1. The number of aliphatic hydroxyl groups is 2. The Balaban J connectivity index is 1.47. The quantitative estimate of drug-likeness (QED) is 0.515. The van der Waals surface area contributed by atoms with E-state index < -0.39 is 5.60 Å². The van der Waals surface area contributed by atoms with Crippen LogP contribution in [0.1, 0.15) is 105 Å². The fraction of sp³-hybridized carbons (Fsp3) is 0.926. The zero-order valence-electron chi connectivity index (χ0n) is 19.7. The number of rotatable bonds is 5. The summed E-state index contributed by atoms with van der Waals surface area (Å²) in [6.07, 6.45) is 15.9. The average Bonchev–Trinajstić information content (AvgIpc) is 2.98. The Bertz CT molecular complexity index is 631. The van der Waals surface area contributed by atoms with E-state index in [1.807, 2.05) is 13.8 Å². The summed E-state index contributed by atoms with van der Waals surface area (Å²) >= 11 is 0. The molecule has 0 spiro atoms. The Labute approximate surface area is 179 Å². The van der Waals surface area contributed by atoms with Gasteiger partial charge < -0.3 is 10.2 Å². The van der Waals surface area contributed by atoms with Gasteiger partial charge in [0.05, 0.1) is 11.7 Å². The normalized spacial score (nSPS) is 45.8. The number of allylic oxidation sites excluding steroid dienone is 1. The van der Waals surface area contributed by atoms with Crippen molar-refractivity contribution in [2.24, 2.45) is 40.4 Å². The van der Waals surface area contributed by atoms with Crippen LogP contribution in [0.15, 0.2) is 11.6 Å². The molecule has 8 atom stereocenters. The first-order valence-electron chi connectivity index (χ1n) is 12.6. The predicted octanol–water partition coefficient (Wildman–Crippen LogP) is 6.50. The third-order valence-electron chi connectivity index (χ3n) is 10.3. The van der Waals surface area contributed by atoms with E-state index in [1.165, 1.54) is 44.9 Å². The first-order valence-corrected chi connectivity index (χ1v) is 12.6. The summed E-state index contributed by atoms with van der Waals surface area (Å²) in [7, 11) is 0. The van der Waals surface area contributed by atoms with Gasteiger partial charge in [0.15, 0.2) is 0 Å². The van der Waals surface area contributed by atoms with Gasteiger partial charge in [-0.15, -0.1) is 0 Å². The van der Waals surface area contributed by atoms with Crippen LogP contribution in [0.4, 0.5) is 0 Å². The van der Waals surface area contributed by atoms with Gasteiger partial charge in [-0.3, -0.25) is 0 Å². The molecule has 3 fully saturated rings. The van der Waals surface area contributed by atoms with Gasteiger partial charge in [0.1, 0.15) is 0 Å². The topological polar surface area (TPSA) is 40.5 Å². The summed E-state index contributed by atoms with van der Waals surface area (Å²) in [5, 5.41) is 20.3. The average molecular weight is 403 g/mol. The summed E-state index contributed by atoms with van der Waals surface area (Å²) in [5.41, 5.74) is 1.95. The Hall–Kier alpha value is -0.340. The lowest BCUT2D eigenvalue weighted by molar-refractivity contribution is -0.0575. The maximum Gasteiger partial charge on any atom is 0.0591 e. The third-order valence-corrected chi connectivity index (χ3v) is 10.3. The first-order chi connectivity index (χ1) is 13.5. The summed E-state index contributed by atoms with van der Waals surface area (Å²) in [6.45, 7) is 11.6. The van der Waals surface area contributed by atoms with Crippen LogP contribution in [0.5, 0.6) is 0 Å². The largest absolute Gasteiger partial charge is 0.393 e. The molecule has 0 amide bonds. The van der Waals surface area contributed by atoms with E-state index in [2.05, 4.69) is 26.8 Å². The van der Waals surface area contributed by atoms with Gasteiger partial charge in [0.25, 0.3) is 0 Å². The van der Waals surface area contributed by atoms with E-state index >= 15 is 0 Å². The minimum Gasteiger partial charge on any atom is -0.393 e. The minimum absolute atomic E-state index is 0.0969. The monoisotopic (exact) mass is 402 g/mol. The zero-order valence-corrected chi connectivity index (χ0v) is 19.7. The van der Waals surface area contributed by atoms with E-state index in [0.29, 0.717) is 10.8 Å². The van der Waals surface area contributed by atoms with E-state index in [-0.39, 0.29) is 6.10 Å². The standard InChI is InChI=1S/C27H46O2/c1-18(7-6-14-25(2,3)29)22-10-11-23-21-9-8-19-17-20(28)12-15-26(19,4)24(21)13-16-27(22,23)5/h8,18,20-24,28-29H,6-7,9-17H2,1-5H3/t18-,20+,21+,22-,23+,24+,26+,27+/m1/s1. The van der Waals surface area contributed by atoms with Crippen LogP contribution in [0.2, 0.25) is 0 Å². The van der Waals surface area contributed by atoms with Crippen molar-refractivity contribution in [3.63, 3.8) is 0 Å². The smallest absolute Gasteiger partial charge is 0.0591 e. The molecule has 4 aliphatic carbocycles. The van der Waals surface area contributed by atoms with E-state index in [9.17, 15) is 10.2 Å². The molecule has 0 aromatic carbocycles. The molecule has 0 aliphatic heterocycles. The van der Waals surface area contributed by atoms with Gasteiger partial charge in [-0.2, -0.15) is 0 Å². The van der Waals surface area contributed by atoms with Crippen molar-refractivity contribution in [3.8, 4) is 0 Å². The zero-order chi connectivity index (χ0) is 21.0. The molecule has 29 heavy (non-hydrogen) atoms. The van der Waals surface area contributed by atoms with Gasteiger partial charge in [-0.25, -0.2) is 0 Å². The Morgan fingerprint density at radius 1 is 1.10 bits per heavy atom. The fourth-order valence-electron chi connectivity index (χ4n) is 8.67. The van der Waals surface area contributed by atoms with E-state index in [0.717, 1.165) is 55.3 Å². The van der Waals surface area contributed by atoms with Crippen molar-refractivity contribution in [1.29, 1.82) is 0 Å². The number of fused-ring (bicyclic) bond motifs is 5. The number of hydrogen-bond acceptors (Lipinski definition) is 2. The molecule has 166 valence electrons. The first kappa shape index (κ1) is 21.9. The highest BCUT2D eigenvalue weighted by Crippen LogP contribution is 2.67. The minimum atomic E-state index is -0.519. The Kier molecular flexibility index (Phi) is 5.78. The second-order valence-electron chi connectivity index (χ2n) is 12.6. The van der Waals surface area contributed by atoms with Crippen LogP contribution in [0.3, 0.4) is 0 Å². The van der Waals surface area contributed by atoms with Crippen LogP contribution in [0.25, 0.3) is 0 Å². The highest BCUT2D eigenvalue weighted by Gasteiger charge is 2.59. The van der Waals surface area contributed by atoms with Crippen molar-refractivity contribution in [1.82, 2.24) is 0 Å². The maximum atomic E-state index is 10.2. The molecule has 0 aromatic rings. The molecular weight excluding hydrogens is 356 g/mol. The molecule has 4 rings (SSSR count). The molecular formula is C27H46O2. The maximum absolute atomic E-state index is 10.2. The Morgan fingerprint density at radius 2 is 1.86 bits per heavy atom. The molecule has 0 bridgehead atoms. The summed E-state index contributed by atoms with van der Waals surface area (Å²) < 4.78 is 0. The lowest BCUT2D eigenvalue weighted by Gasteiger charge is -2.58. The number of hydrogen-bond donors (Lipinski definition) is 2. The lowest BCUT2D eigenvalue weighted by Crippen LogP contribution is -2.50. The van der Waals surface area contributed by atoms with Crippen molar-refractivity contribution < 1.29 is 10.2 Å². The van der Waals surface area contributed by atoms with Crippen molar-refractivity contribution >= 4 is 0 Å². The van der Waals surface area contributed by atoms with Gasteiger partial charge in [0, 0.05) is 0 Å². The molecule has 2 N–H and O–H groups in total. The fourth-order valence-corrected chi connectivity index (χ4v) is 8.67. The second-order valence-corrected chi connectivity index (χ2v) is 12.6. The molecule has 0 radical (unpaired) electrons. The van der Waals surface area contributed by atoms with Gasteiger partial charge in [-0.1, -0.05) is 45.3 Å². The predicted molar refractivity (Wildman–Crippen MR) is 121 cm³/mol. The van der Waals surface area contributed by atoms with Crippen LogP contribution in [-0.4, -0.2) is 21.9 Å². The van der Waals surface area contributed by atoms with Crippen molar-refractivity contribution in [3.05, 3.63) is 11.6 Å². The van der Waals surface area contributed by atoms with Crippen LogP contribution in [0, 0.1) is 40.4 Å². The summed E-state index contributed by atoms with van der Waals surface area (Å²) in [6, 6.07) is 0. The third kappa shape index (κ3) is 3.86. The van der Waals surface area contributed by atoms with Crippen LogP contribution < -0.4 is 0 Å². The van der Waals surface area contributed by atoms with Gasteiger partial charge in [-0.05, 0) is 112 Å². The van der Waals surface area contributed by atoms with Crippen molar-refractivity contribution in [2.75, 3.05) is 0 Å². The van der Waals surface area contributed by atoms with Gasteiger partial charge >= 0.3 is 0 Å². The summed E-state index contributed by atoms with van der Waals surface area (Å²) in [5.74, 6) is 4.24. The molecule has 0 unspecified atom stereocenters. The van der Waals surface area contributed by atoms with Crippen LogP contribution >= 0.6 is 0 Å². The highest BCUT2D eigenvalue weighted by molar-refractivity contribution is 5.25. The highest BCUT2D eigenvalue weighted by atomic mass is 16.3. The molecule has 3 saturated carbocycles. The van der Waals surface area contributed by atoms with Crippen molar-refractivity contribution in [2.45, 2.75) is 117 Å². The van der Waals surface area contributed by atoms with E-state index in [1.54, 1.807) is 5.57 Å². The molecule has 0 heterocycles. The lowest BCUT2D eigenvalue weighted by atomic mass is 9.47.